The zero-order chi connectivity index (χ0) is 9.42. The van der Waals surface area contributed by atoms with Crippen LogP contribution in [0.15, 0.2) is 16.6 Å². The molecule has 0 radical (unpaired) electrons. The van der Waals surface area contributed by atoms with Gasteiger partial charge in [0.15, 0.2) is 0 Å². The summed E-state index contributed by atoms with van der Waals surface area (Å²) in [5, 5.41) is 0. The third-order valence-corrected chi connectivity index (χ3v) is 3.06. The molecular formula is C11H13BrO. The molecule has 0 spiro atoms. The van der Waals surface area contributed by atoms with Crippen molar-refractivity contribution in [2.45, 2.75) is 19.8 Å². The molecule has 0 N–H and O–H groups in total. The summed E-state index contributed by atoms with van der Waals surface area (Å²) in [4.78, 5) is 0. The van der Waals surface area contributed by atoms with Crippen molar-refractivity contribution in [3.05, 3.63) is 33.3 Å². The Balaban J connectivity index is 2.43. The number of aryl methyl sites for hydroxylation is 2. The summed E-state index contributed by atoms with van der Waals surface area (Å²) < 4.78 is 6.39. The molecule has 2 heteroatoms. The van der Waals surface area contributed by atoms with E-state index in [2.05, 4.69) is 41.9 Å². The minimum atomic E-state index is 0.632. The quantitative estimate of drug-likeness (QED) is 0.733. The molecular weight excluding hydrogens is 228 g/mol. The van der Waals surface area contributed by atoms with Crippen molar-refractivity contribution in [1.82, 2.24) is 0 Å². The fourth-order valence-corrected chi connectivity index (χ4v) is 2.65. The van der Waals surface area contributed by atoms with E-state index in [1.807, 2.05) is 0 Å². The van der Waals surface area contributed by atoms with Crippen molar-refractivity contribution < 1.29 is 4.74 Å². The fraction of sp³-hybridized carbons (Fsp3) is 0.455. The molecule has 0 aromatic heterocycles. The zero-order valence-corrected chi connectivity index (χ0v) is 9.52. The van der Waals surface area contributed by atoms with E-state index in [9.17, 15) is 0 Å². The third-order valence-electron chi connectivity index (χ3n) is 2.60. The van der Waals surface area contributed by atoms with Gasteiger partial charge in [-0.15, -0.1) is 0 Å². The van der Waals surface area contributed by atoms with Crippen LogP contribution in [0, 0.1) is 13.8 Å². The highest BCUT2D eigenvalue weighted by molar-refractivity contribution is 9.10. The number of rotatable bonds is 1. The van der Waals surface area contributed by atoms with E-state index in [1.54, 1.807) is 0 Å². The van der Waals surface area contributed by atoms with Crippen LogP contribution < -0.4 is 0 Å². The average molecular weight is 241 g/mol. The SMILES string of the molecule is Cc1cc(Br)cc(C)c1C1COC1. The summed E-state index contributed by atoms with van der Waals surface area (Å²) in [7, 11) is 0. The molecule has 0 bridgehead atoms. The number of hydrogen-bond acceptors (Lipinski definition) is 1. The van der Waals surface area contributed by atoms with E-state index in [1.165, 1.54) is 21.2 Å². The van der Waals surface area contributed by atoms with Crippen LogP contribution in [0.4, 0.5) is 0 Å². The molecule has 70 valence electrons. The Hall–Kier alpha value is -0.340. The van der Waals surface area contributed by atoms with Gasteiger partial charge in [0.2, 0.25) is 0 Å². The van der Waals surface area contributed by atoms with Crippen LogP contribution in [0.1, 0.15) is 22.6 Å². The van der Waals surface area contributed by atoms with Gasteiger partial charge in [0, 0.05) is 10.4 Å². The summed E-state index contributed by atoms with van der Waals surface area (Å²) >= 11 is 3.50. The van der Waals surface area contributed by atoms with Crippen LogP contribution in [-0.4, -0.2) is 13.2 Å². The summed E-state index contributed by atoms with van der Waals surface area (Å²) in [6.07, 6.45) is 0. The van der Waals surface area contributed by atoms with Gasteiger partial charge in [0.25, 0.3) is 0 Å². The first-order valence-corrected chi connectivity index (χ1v) is 5.32. The molecule has 1 fully saturated rings. The lowest BCUT2D eigenvalue weighted by Crippen LogP contribution is -2.26. The van der Waals surface area contributed by atoms with Gasteiger partial charge in [0.05, 0.1) is 13.2 Å². The Morgan fingerprint density at radius 1 is 1.23 bits per heavy atom. The van der Waals surface area contributed by atoms with Crippen molar-refractivity contribution >= 4 is 15.9 Å². The maximum absolute atomic E-state index is 5.22. The number of ether oxygens (including phenoxy) is 1. The molecule has 1 aromatic rings. The molecule has 0 atom stereocenters. The summed E-state index contributed by atoms with van der Waals surface area (Å²) in [5.41, 5.74) is 4.23. The second-order valence-electron chi connectivity index (χ2n) is 3.69. The van der Waals surface area contributed by atoms with E-state index >= 15 is 0 Å². The van der Waals surface area contributed by atoms with Gasteiger partial charge in [-0.05, 0) is 42.7 Å². The van der Waals surface area contributed by atoms with Crippen molar-refractivity contribution in [1.29, 1.82) is 0 Å². The predicted octanol–water partition coefficient (Wildman–Crippen LogP) is 3.18. The van der Waals surface area contributed by atoms with Crippen LogP contribution in [-0.2, 0) is 4.74 Å². The maximum Gasteiger partial charge on any atom is 0.0557 e. The maximum atomic E-state index is 5.22. The number of benzene rings is 1. The molecule has 1 aromatic carbocycles. The molecule has 1 saturated heterocycles. The van der Waals surface area contributed by atoms with Crippen LogP contribution in [0.3, 0.4) is 0 Å². The lowest BCUT2D eigenvalue weighted by molar-refractivity contribution is 0.00791. The second-order valence-corrected chi connectivity index (χ2v) is 4.60. The molecule has 0 amide bonds. The number of halogens is 1. The van der Waals surface area contributed by atoms with E-state index in [4.69, 9.17) is 4.74 Å². The Morgan fingerprint density at radius 2 is 1.77 bits per heavy atom. The molecule has 1 nitrogen and oxygen atoms in total. The van der Waals surface area contributed by atoms with Gasteiger partial charge in [-0.2, -0.15) is 0 Å². The predicted molar refractivity (Wildman–Crippen MR) is 57.2 cm³/mol. The van der Waals surface area contributed by atoms with Crippen molar-refractivity contribution in [2.75, 3.05) is 13.2 Å². The fourth-order valence-electron chi connectivity index (χ4n) is 1.97. The third kappa shape index (κ3) is 1.65. The molecule has 1 aliphatic rings. The van der Waals surface area contributed by atoms with E-state index in [0.717, 1.165) is 13.2 Å². The van der Waals surface area contributed by atoms with Gasteiger partial charge in [-0.25, -0.2) is 0 Å². The largest absolute Gasteiger partial charge is 0.380 e. The normalized spacial score (nSPS) is 17.2. The topological polar surface area (TPSA) is 9.23 Å². The first-order chi connectivity index (χ1) is 6.18. The molecule has 0 aliphatic carbocycles. The van der Waals surface area contributed by atoms with Gasteiger partial charge in [0.1, 0.15) is 0 Å². The van der Waals surface area contributed by atoms with E-state index in [0.29, 0.717) is 5.92 Å². The zero-order valence-electron chi connectivity index (χ0n) is 7.93. The first kappa shape index (κ1) is 9.22. The molecule has 1 aliphatic heterocycles. The van der Waals surface area contributed by atoms with Gasteiger partial charge in [-0.1, -0.05) is 15.9 Å². The number of hydrogen-bond donors (Lipinski definition) is 0. The minimum absolute atomic E-state index is 0.632. The summed E-state index contributed by atoms with van der Waals surface area (Å²) in [6, 6.07) is 4.36. The summed E-state index contributed by atoms with van der Waals surface area (Å²) in [5.74, 6) is 0.632. The van der Waals surface area contributed by atoms with Crippen LogP contribution in [0.25, 0.3) is 0 Å². The molecule has 0 unspecified atom stereocenters. The van der Waals surface area contributed by atoms with Crippen LogP contribution in [0.2, 0.25) is 0 Å². The Labute approximate surface area is 87.2 Å². The highest BCUT2D eigenvalue weighted by atomic mass is 79.9. The minimum Gasteiger partial charge on any atom is -0.380 e. The van der Waals surface area contributed by atoms with Gasteiger partial charge < -0.3 is 4.74 Å². The molecule has 13 heavy (non-hydrogen) atoms. The molecule has 0 saturated carbocycles. The lowest BCUT2D eigenvalue weighted by Gasteiger charge is -2.29. The smallest absolute Gasteiger partial charge is 0.0557 e. The van der Waals surface area contributed by atoms with E-state index in [-0.39, 0.29) is 0 Å². The van der Waals surface area contributed by atoms with Crippen molar-refractivity contribution in [2.24, 2.45) is 0 Å². The Bertz CT molecular complexity index is 306. The van der Waals surface area contributed by atoms with Crippen LogP contribution in [0.5, 0.6) is 0 Å². The lowest BCUT2D eigenvalue weighted by atomic mass is 9.90. The van der Waals surface area contributed by atoms with Gasteiger partial charge >= 0.3 is 0 Å². The second kappa shape index (κ2) is 3.43. The van der Waals surface area contributed by atoms with Crippen molar-refractivity contribution in [3.63, 3.8) is 0 Å². The standard InChI is InChI=1S/C11H13BrO/c1-7-3-10(12)4-8(2)11(7)9-5-13-6-9/h3-4,9H,5-6H2,1-2H3. The monoisotopic (exact) mass is 240 g/mol. The van der Waals surface area contributed by atoms with Crippen LogP contribution >= 0.6 is 15.9 Å². The van der Waals surface area contributed by atoms with Crippen molar-refractivity contribution in [3.8, 4) is 0 Å². The average Bonchev–Trinajstić information content (AvgIpc) is 1.92. The first-order valence-electron chi connectivity index (χ1n) is 4.53. The van der Waals surface area contributed by atoms with Gasteiger partial charge in [-0.3, -0.25) is 0 Å². The molecule has 1 heterocycles. The molecule has 2 rings (SSSR count). The Morgan fingerprint density at radius 3 is 2.15 bits per heavy atom. The highest BCUT2D eigenvalue weighted by Crippen LogP contribution is 2.31. The highest BCUT2D eigenvalue weighted by Gasteiger charge is 2.23. The van der Waals surface area contributed by atoms with E-state index < -0.39 is 0 Å². The summed E-state index contributed by atoms with van der Waals surface area (Å²) in [6.45, 7) is 6.13. The Kier molecular flexibility index (Phi) is 2.43.